The minimum atomic E-state index is -4.17. The van der Waals surface area contributed by atoms with E-state index in [0.29, 0.717) is 5.75 Å². The lowest BCUT2D eigenvalue weighted by Gasteiger charge is -2.21. The Labute approximate surface area is 123 Å². The lowest BCUT2D eigenvalue weighted by molar-refractivity contribution is -0.138. The number of alkyl halides is 3. The summed E-state index contributed by atoms with van der Waals surface area (Å²) in [6.07, 6.45) is -5.88. The van der Waals surface area contributed by atoms with Crippen LogP contribution < -0.4 is 4.74 Å². The van der Waals surface area contributed by atoms with E-state index in [1.807, 2.05) is 32.0 Å². The van der Waals surface area contributed by atoms with E-state index in [1.54, 1.807) is 7.05 Å². The van der Waals surface area contributed by atoms with Crippen molar-refractivity contribution in [1.82, 2.24) is 4.90 Å². The minimum Gasteiger partial charge on any atom is -0.491 e. The van der Waals surface area contributed by atoms with Crippen molar-refractivity contribution in [1.29, 1.82) is 0 Å². The van der Waals surface area contributed by atoms with Crippen LogP contribution in [-0.2, 0) is 0 Å². The highest BCUT2D eigenvalue weighted by atomic mass is 19.4. The van der Waals surface area contributed by atoms with Gasteiger partial charge in [-0.05, 0) is 38.1 Å². The molecule has 1 unspecified atom stereocenters. The molecule has 1 N–H and O–H groups in total. The molecule has 1 atom stereocenters. The zero-order valence-corrected chi connectivity index (χ0v) is 12.6. The molecule has 6 heteroatoms. The molecule has 0 heterocycles. The van der Waals surface area contributed by atoms with Crippen LogP contribution in [0.1, 0.15) is 17.5 Å². The zero-order chi connectivity index (χ0) is 16.0. The van der Waals surface area contributed by atoms with Crippen LogP contribution in [0.2, 0.25) is 0 Å². The minimum absolute atomic E-state index is 0.0562. The van der Waals surface area contributed by atoms with Crippen LogP contribution in [0.3, 0.4) is 0 Å². The van der Waals surface area contributed by atoms with Gasteiger partial charge in [0.25, 0.3) is 0 Å². The van der Waals surface area contributed by atoms with E-state index in [9.17, 15) is 18.3 Å². The van der Waals surface area contributed by atoms with Gasteiger partial charge in [0.2, 0.25) is 0 Å². The van der Waals surface area contributed by atoms with Gasteiger partial charge in [0.1, 0.15) is 18.5 Å². The van der Waals surface area contributed by atoms with Crippen LogP contribution in [0, 0.1) is 13.8 Å². The fraction of sp³-hybridized carbons (Fsp3) is 0.600. The van der Waals surface area contributed by atoms with Gasteiger partial charge in [0, 0.05) is 13.1 Å². The molecule has 3 nitrogen and oxygen atoms in total. The standard InChI is InChI=1S/C15H22F3NO2/c1-11-4-5-12(2)14(8-11)21-10-13(20)9-19(3)7-6-15(16,17)18/h4-5,8,13,20H,6-7,9-10H2,1-3H3. The highest BCUT2D eigenvalue weighted by Crippen LogP contribution is 2.20. The van der Waals surface area contributed by atoms with Crippen LogP contribution >= 0.6 is 0 Å². The highest BCUT2D eigenvalue weighted by molar-refractivity contribution is 5.35. The predicted octanol–water partition coefficient (Wildman–Crippen LogP) is 2.93. The molecular formula is C15H22F3NO2. The summed E-state index contributed by atoms with van der Waals surface area (Å²) >= 11 is 0. The van der Waals surface area contributed by atoms with Crippen LogP contribution in [0.5, 0.6) is 5.75 Å². The second kappa shape index (κ2) is 7.66. The lowest BCUT2D eigenvalue weighted by atomic mass is 10.1. The first-order valence-electron chi connectivity index (χ1n) is 6.81. The van der Waals surface area contributed by atoms with Crippen molar-refractivity contribution in [3.63, 3.8) is 0 Å². The van der Waals surface area contributed by atoms with E-state index in [4.69, 9.17) is 4.74 Å². The molecule has 0 aromatic heterocycles. The molecular weight excluding hydrogens is 283 g/mol. The van der Waals surface area contributed by atoms with Gasteiger partial charge in [-0.2, -0.15) is 13.2 Å². The Kier molecular flexibility index (Phi) is 6.48. The number of rotatable bonds is 7. The Morgan fingerprint density at radius 1 is 1.29 bits per heavy atom. The van der Waals surface area contributed by atoms with Gasteiger partial charge in [0.15, 0.2) is 0 Å². The molecule has 21 heavy (non-hydrogen) atoms. The summed E-state index contributed by atoms with van der Waals surface area (Å²) in [7, 11) is 1.55. The van der Waals surface area contributed by atoms with Crippen molar-refractivity contribution in [3.8, 4) is 5.75 Å². The first kappa shape index (κ1) is 17.8. The monoisotopic (exact) mass is 305 g/mol. The zero-order valence-electron chi connectivity index (χ0n) is 12.6. The lowest BCUT2D eigenvalue weighted by Crippen LogP contribution is -2.35. The van der Waals surface area contributed by atoms with Gasteiger partial charge in [-0.1, -0.05) is 12.1 Å². The summed E-state index contributed by atoms with van der Waals surface area (Å²) < 4.78 is 41.8. The number of halogens is 3. The SMILES string of the molecule is Cc1ccc(C)c(OCC(O)CN(C)CCC(F)(F)F)c1. The van der Waals surface area contributed by atoms with Crippen LogP contribution in [0.4, 0.5) is 13.2 Å². The first-order valence-corrected chi connectivity index (χ1v) is 6.81. The molecule has 1 aromatic carbocycles. The van der Waals surface area contributed by atoms with Gasteiger partial charge in [-0.15, -0.1) is 0 Å². The van der Waals surface area contributed by atoms with E-state index in [2.05, 4.69) is 0 Å². The van der Waals surface area contributed by atoms with Crippen molar-refractivity contribution in [2.24, 2.45) is 0 Å². The number of likely N-dealkylation sites (N-methyl/N-ethyl adjacent to an activating group) is 1. The summed E-state index contributed by atoms with van der Waals surface area (Å²) in [5.74, 6) is 0.687. The van der Waals surface area contributed by atoms with Crippen LogP contribution in [0.15, 0.2) is 18.2 Å². The molecule has 0 radical (unpaired) electrons. The maximum absolute atomic E-state index is 12.1. The molecule has 0 spiro atoms. The van der Waals surface area contributed by atoms with Crippen LogP contribution in [-0.4, -0.2) is 49.0 Å². The molecule has 120 valence electrons. The molecule has 0 aliphatic carbocycles. The molecule has 0 aliphatic rings. The van der Waals surface area contributed by atoms with Crippen molar-refractivity contribution in [2.45, 2.75) is 32.5 Å². The van der Waals surface area contributed by atoms with Gasteiger partial charge in [-0.25, -0.2) is 0 Å². The number of hydrogen-bond donors (Lipinski definition) is 1. The molecule has 1 aromatic rings. The number of hydrogen-bond acceptors (Lipinski definition) is 3. The summed E-state index contributed by atoms with van der Waals surface area (Å²) in [6.45, 7) is 3.90. The topological polar surface area (TPSA) is 32.7 Å². The van der Waals surface area contributed by atoms with Crippen LogP contribution in [0.25, 0.3) is 0 Å². The van der Waals surface area contributed by atoms with Crippen molar-refractivity contribution in [2.75, 3.05) is 26.7 Å². The molecule has 1 rings (SSSR count). The quantitative estimate of drug-likeness (QED) is 0.841. The highest BCUT2D eigenvalue weighted by Gasteiger charge is 2.27. The van der Waals surface area contributed by atoms with E-state index >= 15 is 0 Å². The van der Waals surface area contributed by atoms with Gasteiger partial charge >= 0.3 is 6.18 Å². The summed E-state index contributed by atoms with van der Waals surface area (Å²) in [4.78, 5) is 1.45. The van der Waals surface area contributed by atoms with E-state index in [-0.39, 0.29) is 19.7 Å². The molecule has 0 bridgehead atoms. The maximum Gasteiger partial charge on any atom is 0.390 e. The Balaban J connectivity index is 2.36. The van der Waals surface area contributed by atoms with E-state index in [0.717, 1.165) is 11.1 Å². The Bertz CT molecular complexity index is 449. The number of ether oxygens (including phenoxy) is 1. The Morgan fingerprint density at radius 2 is 1.95 bits per heavy atom. The number of nitrogens with zero attached hydrogens (tertiary/aromatic N) is 1. The maximum atomic E-state index is 12.1. The van der Waals surface area contributed by atoms with Crippen molar-refractivity contribution in [3.05, 3.63) is 29.3 Å². The smallest absolute Gasteiger partial charge is 0.390 e. The normalized spacial score (nSPS) is 13.5. The number of benzene rings is 1. The fourth-order valence-electron chi connectivity index (χ4n) is 1.87. The summed E-state index contributed by atoms with van der Waals surface area (Å²) in [5.41, 5.74) is 2.01. The second-order valence-corrected chi connectivity index (χ2v) is 5.36. The Morgan fingerprint density at radius 3 is 2.57 bits per heavy atom. The number of aliphatic hydroxyl groups is 1. The third-order valence-electron chi connectivity index (χ3n) is 3.07. The molecule has 0 saturated heterocycles. The summed E-state index contributed by atoms with van der Waals surface area (Å²) in [6, 6.07) is 5.76. The average Bonchev–Trinajstić information content (AvgIpc) is 2.37. The third-order valence-corrected chi connectivity index (χ3v) is 3.07. The van der Waals surface area contributed by atoms with Gasteiger partial charge in [-0.3, -0.25) is 0 Å². The van der Waals surface area contributed by atoms with Crippen molar-refractivity contribution >= 4 is 0 Å². The van der Waals surface area contributed by atoms with Gasteiger partial charge in [0.05, 0.1) is 6.42 Å². The molecule has 0 amide bonds. The molecule has 0 fully saturated rings. The first-order chi connectivity index (χ1) is 9.67. The number of aryl methyl sites for hydroxylation is 2. The molecule has 0 aliphatic heterocycles. The largest absolute Gasteiger partial charge is 0.491 e. The Hall–Kier alpha value is -1.27. The summed E-state index contributed by atoms with van der Waals surface area (Å²) in [5, 5.41) is 9.82. The molecule has 0 saturated carbocycles. The van der Waals surface area contributed by atoms with E-state index in [1.165, 1.54) is 4.90 Å². The second-order valence-electron chi connectivity index (χ2n) is 5.36. The predicted molar refractivity (Wildman–Crippen MR) is 75.6 cm³/mol. The average molecular weight is 305 g/mol. The van der Waals surface area contributed by atoms with Gasteiger partial charge < -0.3 is 14.7 Å². The third kappa shape index (κ3) is 7.34. The fourth-order valence-corrected chi connectivity index (χ4v) is 1.87. The van der Waals surface area contributed by atoms with Crippen molar-refractivity contribution < 1.29 is 23.0 Å². The van der Waals surface area contributed by atoms with E-state index < -0.39 is 18.7 Å². The number of aliphatic hydroxyl groups excluding tert-OH is 1.